The highest BCUT2D eigenvalue weighted by Gasteiger charge is 2.31. The van der Waals surface area contributed by atoms with Crippen LogP contribution in [0.15, 0.2) is 30.5 Å². The number of hydrogen-bond donors (Lipinski definition) is 0. The average Bonchev–Trinajstić information content (AvgIpc) is 2.69. The van der Waals surface area contributed by atoms with E-state index in [1.807, 2.05) is 24.9 Å². The standard InChI is InChI=1S/C14H17F3N2O/c1-10(18(2)3)9-19-7-6-11-8-12(4-5-13(11)19)20-14(15,16)17/h4-8,10H,9H2,1-3H3/t10-/m0/s1. The van der Waals surface area contributed by atoms with Crippen LogP contribution in [-0.4, -0.2) is 36.0 Å². The number of halogens is 3. The molecule has 3 nitrogen and oxygen atoms in total. The predicted molar refractivity (Wildman–Crippen MR) is 71.8 cm³/mol. The van der Waals surface area contributed by atoms with E-state index in [2.05, 4.69) is 16.6 Å². The van der Waals surface area contributed by atoms with Gasteiger partial charge in [0, 0.05) is 29.7 Å². The van der Waals surface area contributed by atoms with Gasteiger partial charge in [-0.25, -0.2) is 0 Å². The lowest BCUT2D eigenvalue weighted by molar-refractivity contribution is -0.274. The molecule has 0 saturated heterocycles. The highest BCUT2D eigenvalue weighted by molar-refractivity contribution is 5.81. The van der Waals surface area contributed by atoms with Crippen molar-refractivity contribution in [3.8, 4) is 5.75 Å². The summed E-state index contributed by atoms with van der Waals surface area (Å²) in [5, 5.41) is 0.734. The summed E-state index contributed by atoms with van der Waals surface area (Å²) in [4.78, 5) is 2.09. The number of hydrogen-bond acceptors (Lipinski definition) is 2. The molecule has 2 aromatic rings. The van der Waals surface area contributed by atoms with Gasteiger partial charge in [0.2, 0.25) is 0 Å². The summed E-state index contributed by atoms with van der Waals surface area (Å²) in [7, 11) is 3.98. The first-order chi connectivity index (χ1) is 9.26. The van der Waals surface area contributed by atoms with Gasteiger partial charge in [-0.2, -0.15) is 0 Å². The lowest BCUT2D eigenvalue weighted by atomic mass is 10.2. The molecule has 1 aromatic heterocycles. The van der Waals surface area contributed by atoms with E-state index >= 15 is 0 Å². The van der Waals surface area contributed by atoms with Crippen LogP contribution < -0.4 is 4.74 Å². The first-order valence-corrected chi connectivity index (χ1v) is 6.27. The number of aromatic nitrogens is 1. The first-order valence-electron chi connectivity index (χ1n) is 6.27. The van der Waals surface area contributed by atoms with Crippen molar-refractivity contribution in [2.45, 2.75) is 25.9 Å². The van der Waals surface area contributed by atoms with Gasteiger partial charge in [0.1, 0.15) is 5.75 Å². The Balaban J connectivity index is 2.25. The minimum atomic E-state index is -4.66. The van der Waals surface area contributed by atoms with Crippen molar-refractivity contribution in [3.63, 3.8) is 0 Å². The largest absolute Gasteiger partial charge is 0.573 e. The molecule has 0 unspecified atom stereocenters. The molecule has 0 spiro atoms. The molecule has 0 saturated carbocycles. The molecule has 0 amide bonds. The Bertz CT molecular complexity index is 590. The van der Waals surface area contributed by atoms with Crippen molar-refractivity contribution < 1.29 is 17.9 Å². The predicted octanol–water partition coefficient (Wildman–Crippen LogP) is 3.49. The summed E-state index contributed by atoms with van der Waals surface area (Å²) in [6, 6.07) is 6.52. The molecule has 1 aromatic carbocycles. The van der Waals surface area contributed by atoms with Gasteiger partial charge < -0.3 is 14.2 Å². The van der Waals surface area contributed by atoms with Crippen LogP contribution in [0.3, 0.4) is 0 Å². The molecule has 1 heterocycles. The number of likely N-dealkylation sites (N-methyl/N-ethyl adjacent to an activating group) is 1. The maximum atomic E-state index is 12.2. The molecule has 110 valence electrons. The number of fused-ring (bicyclic) bond motifs is 1. The SMILES string of the molecule is C[C@@H](Cn1ccc2cc(OC(F)(F)F)ccc21)N(C)C. The fraction of sp³-hybridized carbons (Fsp3) is 0.429. The van der Waals surface area contributed by atoms with Crippen molar-refractivity contribution in [1.29, 1.82) is 0 Å². The Labute approximate surface area is 115 Å². The molecule has 0 fully saturated rings. The molecular formula is C14H17F3N2O. The lowest BCUT2D eigenvalue weighted by Crippen LogP contribution is -2.28. The molecule has 0 radical (unpaired) electrons. The number of alkyl halides is 3. The summed E-state index contributed by atoms with van der Waals surface area (Å²) < 4.78 is 42.5. The van der Waals surface area contributed by atoms with Crippen molar-refractivity contribution in [2.24, 2.45) is 0 Å². The first kappa shape index (κ1) is 14.7. The Kier molecular flexibility index (Phi) is 3.94. The van der Waals surface area contributed by atoms with Gasteiger partial charge in [-0.05, 0) is 45.3 Å². The maximum Gasteiger partial charge on any atom is 0.573 e. The fourth-order valence-corrected chi connectivity index (χ4v) is 1.98. The van der Waals surface area contributed by atoms with E-state index in [0.717, 1.165) is 17.4 Å². The van der Waals surface area contributed by atoms with Crippen LogP contribution in [0.1, 0.15) is 6.92 Å². The van der Waals surface area contributed by atoms with Gasteiger partial charge in [0.15, 0.2) is 0 Å². The Morgan fingerprint density at radius 3 is 2.55 bits per heavy atom. The smallest absolute Gasteiger partial charge is 0.406 e. The lowest BCUT2D eigenvalue weighted by Gasteiger charge is -2.20. The monoisotopic (exact) mass is 286 g/mol. The van der Waals surface area contributed by atoms with Gasteiger partial charge in [-0.1, -0.05) is 0 Å². The van der Waals surface area contributed by atoms with Crippen LogP contribution >= 0.6 is 0 Å². The second-order valence-corrected chi connectivity index (χ2v) is 5.05. The van der Waals surface area contributed by atoms with Gasteiger partial charge in [-0.15, -0.1) is 13.2 Å². The zero-order chi connectivity index (χ0) is 14.9. The summed E-state index contributed by atoms with van der Waals surface area (Å²) in [5.74, 6) is -0.191. The molecule has 20 heavy (non-hydrogen) atoms. The summed E-state index contributed by atoms with van der Waals surface area (Å²) in [6.07, 6.45) is -2.78. The van der Waals surface area contributed by atoms with E-state index in [1.165, 1.54) is 12.1 Å². The highest BCUT2D eigenvalue weighted by atomic mass is 19.4. The number of rotatable bonds is 4. The van der Waals surface area contributed by atoms with Gasteiger partial charge in [0.25, 0.3) is 0 Å². The average molecular weight is 286 g/mol. The molecule has 0 aliphatic rings. The van der Waals surface area contributed by atoms with E-state index in [0.29, 0.717) is 6.04 Å². The van der Waals surface area contributed by atoms with E-state index in [1.54, 1.807) is 12.1 Å². The van der Waals surface area contributed by atoms with Crippen molar-refractivity contribution in [3.05, 3.63) is 30.5 Å². The van der Waals surface area contributed by atoms with Crippen LogP contribution in [0.5, 0.6) is 5.75 Å². The van der Waals surface area contributed by atoms with Crippen molar-refractivity contribution in [1.82, 2.24) is 9.47 Å². The van der Waals surface area contributed by atoms with Gasteiger partial charge in [0.05, 0.1) is 0 Å². The van der Waals surface area contributed by atoms with E-state index in [4.69, 9.17) is 0 Å². The molecule has 0 aliphatic carbocycles. The van der Waals surface area contributed by atoms with E-state index in [-0.39, 0.29) is 5.75 Å². The summed E-state index contributed by atoms with van der Waals surface area (Å²) in [6.45, 7) is 2.86. The van der Waals surface area contributed by atoms with Crippen molar-refractivity contribution in [2.75, 3.05) is 14.1 Å². The Morgan fingerprint density at radius 2 is 1.95 bits per heavy atom. The minimum absolute atomic E-state index is 0.191. The summed E-state index contributed by atoms with van der Waals surface area (Å²) in [5.41, 5.74) is 0.897. The zero-order valence-electron chi connectivity index (χ0n) is 11.6. The molecule has 2 rings (SSSR count). The van der Waals surface area contributed by atoms with Crippen LogP contribution in [0.2, 0.25) is 0 Å². The maximum absolute atomic E-state index is 12.2. The summed E-state index contributed by atoms with van der Waals surface area (Å²) >= 11 is 0. The minimum Gasteiger partial charge on any atom is -0.406 e. The molecule has 0 bridgehead atoms. The number of ether oxygens (including phenoxy) is 1. The fourth-order valence-electron chi connectivity index (χ4n) is 1.98. The Hall–Kier alpha value is -1.69. The number of nitrogens with zero attached hydrogens (tertiary/aromatic N) is 2. The van der Waals surface area contributed by atoms with Crippen LogP contribution in [0.4, 0.5) is 13.2 Å². The van der Waals surface area contributed by atoms with Crippen LogP contribution in [-0.2, 0) is 6.54 Å². The van der Waals surface area contributed by atoms with Crippen molar-refractivity contribution >= 4 is 10.9 Å². The highest BCUT2D eigenvalue weighted by Crippen LogP contribution is 2.27. The van der Waals surface area contributed by atoms with E-state index < -0.39 is 6.36 Å². The molecular weight excluding hydrogens is 269 g/mol. The quantitative estimate of drug-likeness (QED) is 0.856. The second kappa shape index (κ2) is 5.36. The van der Waals surface area contributed by atoms with Crippen LogP contribution in [0.25, 0.3) is 10.9 Å². The third-order valence-corrected chi connectivity index (χ3v) is 3.32. The zero-order valence-corrected chi connectivity index (χ0v) is 11.6. The second-order valence-electron chi connectivity index (χ2n) is 5.05. The molecule has 0 N–H and O–H groups in total. The Morgan fingerprint density at radius 1 is 1.25 bits per heavy atom. The third kappa shape index (κ3) is 3.45. The molecule has 0 aliphatic heterocycles. The molecule has 1 atom stereocenters. The normalized spacial score (nSPS) is 13.9. The van der Waals surface area contributed by atoms with Crippen LogP contribution in [0, 0.1) is 0 Å². The molecule has 6 heteroatoms. The van der Waals surface area contributed by atoms with E-state index in [9.17, 15) is 13.2 Å². The van der Waals surface area contributed by atoms with Gasteiger partial charge >= 0.3 is 6.36 Å². The topological polar surface area (TPSA) is 17.4 Å². The number of benzene rings is 1. The third-order valence-electron chi connectivity index (χ3n) is 3.32. The van der Waals surface area contributed by atoms with Gasteiger partial charge in [-0.3, -0.25) is 0 Å².